The lowest BCUT2D eigenvalue weighted by molar-refractivity contribution is 0.266. The maximum atomic E-state index is 4.80. The number of likely N-dealkylation sites (tertiary alicyclic amines) is 1. The van der Waals surface area contributed by atoms with Crippen LogP contribution in [0.25, 0.3) is 5.65 Å². The van der Waals surface area contributed by atoms with E-state index >= 15 is 0 Å². The Kier molecular flexibility index (Phi) is 7.26. The van der Waals surface area contributed by atoms with Crippen molar-refractivity contribution in [3.63, 3.8) is 0 Å². The number of nitrogens with one attached hydrogen (secondary N) is 1. The minimum absolute atomic E-state index is 0. The van der Waals surface area contributed by atoms with Gasteiger partial charge in [-0.1, -0.05) is 13.0 Å². The molecule has 2 aromatic heterocycles. The van der Waals surface area contributed by atoms with Gasteiger partial charge in [0.15, 0.2) is 11.6 Å². The van der Waals surface area contributed by atoms with Crippen molar-refractivity contribution >= 4 is 35.6 Å². The van der Waals surface area contributed by atoms with Crippen LogP contribution in [0.2, 0.25) is 0 Å². The molecule has 1 N–H and O–H groups in total. The second kappa shape index (κ2) is 9.19. The predicted octanol–water partition coefficient (Wildman–Crippen LogP) is 2.59. The number of aliphatic imine (C=N–C) groups is 1. The van der Waals surface area contributed by atoms with Crippen LogP contribution in [-0.4, -0.2) is 51.6 Å². The molecule has 0 bridgehead atoms. The number of guanidine groups is 1. The molecule has 3 rings (SSSR count). The molecule has 6 nitrogen and oxygen atoms in total. The molecule has 1 unspecified atom stereocenters. The molecule has 0 saturated carbocycles. The molecule has 1 atom stereocenters. The van der Waals surface area contributed by atoms with Crippen LogP contribution < -0.4 is 5.32 Å². The van der Waals surface area contributed by atoms with Crippen LogP contribution in [0.3, 0.4) is 0 Å². The molecule has 1 aliphatic rings. The van der Waals surface area contributed by atoms with Crippen molar-refractivity contribution in [1.82, 2.24) is 24.8 Å². The van der Waals surface area contributed by atoms with E-state index in [1.807, 2.05) is 28.8 Å². The average Bonchev–Trinajstić information content (AvgIpc) is 2.97. The van der Waals surface area contributed by atoms with E-state index in [1.54, 1.807) is 0 Å². The van der Waals surface area contributed by atoms with Crippen molar-refractivity contribution in [2.24, 2.45) is 10.9 Å². The number of nitrogens with zero attached hydrogens (tertiary/aromatic N) is 5. The average molecular weight is 442 g/mol. The molecular formula is C17H27IN6. The molecule has 1 aliphatic heterocycles. The number of fused-ring (bicyclic) bond motifs is 1. The number of rotatable bonds is 4. The Hall–Kier alpha value is -1.38. The molecule has 3 heterocycles. The highest BCUT2D eigenvalue weighted by atomic mass is 127. The summed E-state index contributed by atoms with van der Waals surface area (Å²) in [7, 11) is 0. The van der Waals surface area contributed by atoms with Crippen molar-refractivity contribution in [2.45, 2.75) is 33.1 Å². The SMILES string of the molecule is CCNC(=NCCc1nnc2ccccn12)N1CCCC(C)C1.I. The van der Waals surface area contributed by atoms with Crippen LogP contribution >= 0.6 is 24.0 Å². The second-order valence-electron chi connectivity index (χ2n) is 6.22. The Morgan fingerprint density at radius 1 is 1.38 bits per heavy atom. The summed E-state index contributed by atoms with van der Waals surface area (Å²) < 4.78 is 2.03. The fourth-order valence-electron chi connectivity index (χ4n) is 3.13. The van der Waals surface area contributed by atoms with E-state index in [1.165, 1.54) is 12.8 Å². The highest BCUT2D eigenvalue weighted by Crippen LogP contribution is 2.15. The Morgan fingerprint density at radius 2 is 2.25 bits per heavy atom. The van der Waals surface area contributed by atoms with Gasteiger partial charge < -0.3 is 10.2 Å². The summed E-state index contributed by atoms with van der Waals surface area (Å²) in [4.78, 5) is 7.19. The lowest BCUT2D eigenvalue weighted by Crippen LogP contribution is -2.46. The molecule has 132 valence electrons. The number of aromatic nitrogens is 3. The molecule has 7 heteroatoms. The maximum Gasteiger partial charge on any atom is 0.193 e. The van der Waals surface area contributed by atoms with Crippen molar-refractivity contribution in [3.05, 3.63) is 30.2 Å². The molecular weight excluding hydrogens is 415 g/mol. The van der Waals surface area contributed by atoms with E-state index in [0.29, 0.717) is 0 Å². The first kappa shape index (κ1) is 19.0. The van der Waals surface area contributed by atoms with Crippen molar-refractivity contribution < 1.29 is 0 Å². The van der Waals surface area contributed by atoms with E-state index in [2.05, 4.69) is 34.3 Å². The van der Waals surface area contributed by atoms with Gasteiger partial charge in [-0.05, 0) is 37.8 Å². The van der Waals surface area contributed by atoms with Gasteiger partial charge in [0.05, 0.1) is 0 Å². The summed E-state index contributed by atoms with van der Waals surface area (Å²) >= 11 is 0. The molecule has 0 amide bonds. The summed E-state index contributed by atoms with van der Waals surface area (Å²) in [6.45, 7) is 8.26. The van der Waals surface area contributed by atoms with Crippen LogP contribution in [0.1, 0.15) is 32.5 Å². The van der Waals surface area contributed by atoms with Gasteiger partial charge in [-0.25, -0.2) is 0 Å². The van der Waals surface area contributed by atoms with Gasteiger partial charge in [0, 0.05) is 38.8 Å². The third kappa shape index (κ3) is 4.58. The zero-order valence-electron chi connectivity index (χ0n) is 14.5. The smallest absolute Gasteiger partial charge is 0.193 e. The number of pyridine rings is 1. The van der Waals surface area contributed by atoms with Crippen molar-refractivity contribution in [3.8, 4) is 0 Å². The normalized spacial score (nSPS) is 18.5. The molecule has 0 radical (unpaired) electrons. The van der Waals surface area contributed by atoms with Crippen LogP contribution in [0.15, 0.2) is 29.4 Å². The predicted molar refractivity (Wildman–Crippen MR) is 108 cm³/mol. The Balaban J connectivity index is 0.00000208. The van der Waals surface area contributed by atoms with Crippen LogP contribution in [0.4, 0.5) is 0 Å². The van der Waals surface area contributed by atoms with Crippen LogP contribution in [-0.2, 0) is 6.42 Å². The van der Waals surface area contributed by atoms with Crippen LogP contribution in [0.5, 0.6) is 0 Å². The van der Waals surface area contributed by atoms with Gasteiger partial charge >= 0.3 is 0 Å². The van der Waals surface area contributed by atoms with E-state index in [4.69, 9.17) is 4.99 Å². The van der Waals surface area contributed by atoms with E-state index in [-0.39, 0.29) is 24.0 Å². The number of hydrogen-bond acceptors (Lipinski definition) is 3. The summed E-state index contributed by atoms with van der Waals surface area (Å²) in [5.41, 5.74) is 0.892. The van der Waals surface area contributed by atoms with Gasteiger partial charge in [-0.15, -0.1) is 34.2 Å². The second-order valence-corrected chi connectivity index (χ2v) is 6.22. The Labute approximate surface area is 160 Å². The van der Waals surface area contributed by atoms with Crippen molar-refractivity contribution in [2.75, 3.05) is 26.2 Å². The maximum absolute atomic E-state index is 4.80. The number of piperidine rings is 1. The topological polar surface area (TPSA) is 57.8 Å². The lowest BCUT2D eigenvalue weighted by Gasteiger charge is -2.33. The van der Waals surface area contributed by atoms with E-state index < -0.39 is 0 Å². The highest BCUT2D eigenvalue weighted by molar-refractivity contribution is 14.0. The summed E-state index contributed by atoms with van der Waals surface area (Å²) in [6, 6.07) is 5.95. The van der Waals surface area contributed by atoms with Gasteiger partial charge in [-0.3, -0.25) is 9.39 Å². The van der Waals surface area contributed by atoms with Crippen LogP contribution in [0, 0.1) is 5.92 Å². The minimum Gasteiger partial charge on any atom is -0.357 e. The first-order chi connectivity index (χ1) is 11.3. The quantitative estimate of drug-likeness (QED) is 0.450. The third-order valence-corrected chi connectivity index (χ3v) is 4.27. The molecule has 1 fully saturated rings. The Bertz CT molecular complexity index is 668. The van der Waals surface area contributed by atoms with E-state index in [0.717, 1.165) is 55.9 Å². The molecule has 0 aromatic carbocycles. The van der Waals surface area contributed by atoms with Gasteiger partial charge in [-0.2, -0.15) is 0 Å². The van der Waals surface area contributed by atoms with E-state index in [9.17, 15) is 0 Å². The fraction of sp³-hybridized carbons (Fsp3) is 0.588. The molecule has 0 aliphatic carbocycles. The first-order valence-electron chi connectivity index (χ1n) is 8.60. The molecule has 1 saturated heterocycles. The zero-order valence-corrected chi connectivity index (χ0v) is 16.8. The summed E-state index contributed by atoms with van der Waals surface area (Å²) in [5, 5.41) is 11.9. The largest absolute Gasteiger partial charge is 0.357 e. The summed E-state index contributed by atoms with van der Waals surface area (Å²) in [5.74, 6) is 2.74. The first-order valence-corrected chi connectivity index (χ1v) is 8.60. The minimum atomic E-state index is 0. The molecule has 2 aromatic rings. The fourth-order valence-corrected chi connectivity index (χ4v) is 3.13. The lowest BCUT2D eigenvalue weighted by atomic mass is 10.0. The summed E-state index contributed by atoms with van der Waals surface area (Å²) in [6.07, 6.45) is 5.37. The zero-order chi connectivity index (χ0) is 16.1. The number of hydrogen-bond donors (Lipinski definition) is 1. The Morgan fingerprint density at radius 3 is 3.04 bits per heavy atom. The van der Waals surface area contributed by atoms with Gasteiger partial charge in [0.1, 0.15) is 5.82 Å². The van der Waals surface area contributed by atoms with Crippen molar-refractivity contribution in [1.29, 1.82) is 0 Å². The number of halogens is 1. The monoisotopic (exact) mass is 442 g/mol. The standard InChI is InChI=1S/C17H26N6.HI/c1-3-18-17(22-11-6-7-14(2)13-22)19-10-9-16-21-20-15-8-4-5-12-23(15)16;/h4-5,8,12,14H,3,6-7,9-11,13H2,1-2H3,(H,18,19);1H. The third-order valence-electron chi connectivity index (χ3n) is 4.27. The molecule has 0 spiro atoms. The van der Waals surface area contributed by atoms with Gasteiger partial charge in [0.2, 0.25) is 0 Å². The van der Waals surface area contributed by atoms with Gasteiger partial charge in [0.25, 0.3) is 0 Å². The molecule has 24 heavy (non-hydrogen) atoms. The highest BCUT2D eigenvalue weighted by Gasteiger charge is 2.19.